The van der Waals surface area contributed by atoms with Gasteiger partial charge in [-0.2, -0.15) is 0 Å². The number of hydrogen-bond donors (Lipinski definition) is 2. The number of fused-ring (bicyclic) bond motifs is 1. The van der Waals surface area contributed by atoms with Crippen LogP contribution in [0.4, 0.5) is 0 Å². The van der Waals surface area contributed by atoms with Crippen LogP contribution in [-0.4, -0.2) is 52.1 Å². The van der Waals surface area contributed by atoms with Gasteiger partial charge in [-0.25, -0.2) is 4.98 Å². The van der Waals surface area contributed by atoms with Crippen molar-refractivity contribution in [2.45, 2.75) is 24.4 Å². The molecule has 0 unspecified atom stereocenters. The Morgan fingerprint density at radius 3 is 2.70 bits per heavy atom. The SMILES string of the molecule is NC(=O)c1ccc(-c2nccn2[C@@H]2CO[C@H]3[C@@H]2OC[C@H]3O)cc1. The minimum atomic E-state index is -0.577. The molecule has 0 aliphatic carbocycles. The molecule has 23 heavy (non-hydrogen) atoms. The molecule has 2 saturated heterocycles. The summed E-state index contributed by atoms with van der Waals surface area (Å²) in [5.74, 6) is 0.306. The van der Waals surface area contributed by atoms with Crippen molar-refractivity contribution in [3.63, 3.8) is 0 Å². The van der Waals surface area contributed by atoms with Crippen LogP contribution >= 0.6 is 0 Å². The molecule has 7 heteroatoms. The van der Waals surface area contributed by atoms with Gasteiger partial charge >= 0.3 is 0 Å². The summed E-state index contributed by atoms with van der Waals surface area (Å²) < 4.78 is 13.4. The second-order valence-electron chi connectivity index (χ2n) is 5.83. The van der Waals surface area contributed by atoms with Gasteiger partial charge < -0.3 is 24.9 Å². The number of primary amides is 1. The van der Waals surface area contributed by atoms with Crippen LogP contribution in [0.2, 0.25) is 0 Å². The van der Waals surface area contributed by atoms with E-state index in [2.05, 4.69) is 4.98 Å². The lowest BCUT2D eigenvalue weighted by atomic mass is 10.1. The molecule has 120 valence electrons. The first kappa shape index (κ1) is 14.4. The number of nitrogens with two attached hydrogens (primary N) is 1. The number of imidazole rings is 1. The average molecular weight is 315 g/mol. The smallest absolute Gasteiger partial charge is 0.248 e. The van der Waals surface area contributed by atoms with Gasteiger partial charge in [0.25, 0.3) is 0 Å². The fraction of sp³-hybridized carbons (Fsp3) is 0.375. The van der Waals surface area contributed by atoms with Crippen molar-refractivity contribution in [2.24, 2.45) is 5.73 Å². The maximum absolute atomic E-state index is 11.2. The number of hydrogen-bond acceptors (Lipinski definition) is 5. The van der Waals surface area contributed by atoms with E-state index in [1.54, 1.807) is 18.3 Å². The van der Waals surface area contributed by atoms with Gasteiger partial charge in [0.2, 0.25) is 5.91 Å². The predicted molar refractivity (Wildman–Crippen MR) is 80.7 cm³/mol. The third-order valence-corrected chi connectivity index (χ3v) is 4.45. The summed E-state index contributed by atoms with van der Waals surface area (Å²) in [6, 6.07) is 6.96. The minimum absolute atomic E-state index is 0.0366. The Kier molecular flexibility index (Phi) is 3.41. The van der Waals surface area contributed by atoms with Crippen LogP contribution in [0.3, 0.4) is 0 Å². The van der Waals surface area contributed by atoms with E-state index >= 15 is 0 Å². The summed E-state index contributed by atoms with van der Waals surface area (Å²) in [4.78, 5) is 15.6. The fourth-order valence-corrected chi connectivity index (χ4v) is 3.29. The number of carbonyl (C=O) groups excluding carboxylic acids is 1. The van der Waals surface area contributed by atoms with Crippen molar-refractivity contribution in [1.82, 2.24) is 9.55 Å². The summed E-state index contributed by atoms with van der Waals surface area (Å²) in [6.45, 7) is 0.762. The zero-order chi connectivity index (χ0) is 16.0. The topological polar surface area (TPSA) is 99.6 Å². The van der Waals surface area contributed by atoms with E-state index in [1.807, 2.05) is 22.9 Å². The van der Waals surface area contributed by atoms with E-state index in [0.717, 1.165) is 11.4 Å². The number of ether oxygens (including phenoxy) is 2. The highest BCUT2D eigenvalue weighted by molar-refractivity contribution is 5.93. The molecule has 0 spiro atoms. The van der Waals surface area contributed by atoms with Crippen molar-refractivity contribution in [3.05, 3.63) is 42.2 Å². The first-order valence-corrected chi connectivity index (χ1v) is 7.49. The molecule has 2 fully saturated rings. The van der Waals surface area contributed by atoms with Gasteiger partial charge in [-0.3, -0.25) is 4.79 Å². The van der Waals surface area contributed by atoms with Crippen LogP contribution in [0.1, 0.15) is 16.4 Å². The molecule has 4 rings (SSSR count). The molecular weight excluding hydrogens is 298 g/mol. The van der Waals surface area contributed by atoms with Crippen LogP contribution in [0.15, 0.2) is 36.7 Å². The monoisotopic (exact) mass is 315 g/mol. The summed E-state index contributed by atoms with van der Waals surface area (Å²) in [5, 5.41) is 9.86. The molecule has 2 aliphatic heterocycles. The number of rotatable bonds is 3. The lowest BCUT2D eigenvalue weighted by Gasteiger charge is -2.19. The largest absolute Gasteiger partial charge is 0.388 e. The van der Waals surface area contributed by atoms with Crippen LogP contribution in [0, 0.1) is 0 Å². The highest BCUT2D eigenvalue weighted by atomic mass is 16.6. The number of nitrogens with zero attached hydrogens (tertiary/aromatic N) is 2. The Morgan fingerprint density at radius 1 is 1.22 bits per heavy atom. The Labute approximate surface area is 132 Å². The van der Waals surface area contributed by atoms with Crippen LogP contribution in [0.25, 0.3) is 11.4 Å². The molecule has 0 bridgehead atoms. The molecule has 3 N–H and O–H groups in total. The maximum atomic E-state index is 11.2. The van der Waals surface area contributed by atoms with E-state index in [1.165, 1.54) is 0 Å². The maximum Gasteiger partial charge on any atom is 0.248 e. The molecule has 1 amide bonds. The molecule has 2 aromatic rings. The number of amides is 1. The molecule has 1 aromatic heterocycles. The van der Waals surface area contributed by atoms with Gasteiger partial charge in [-0.15, -0.1) is 0 Å². The van der Waals surface area contributed by atoms with Crippen molar-refractivity contribution < 1.29 is 19.4 Å². The molecule has 0 saturated carbocycles. The number of aliphatic hydroxyl groups excluding tert-OH is 1. The van der Waals surface area contributed by atoms with E-state index in [0.29, 0.717) is 18.8 Å². The van der Waals surface area contributed by atoms with Crippen molar-refractivity contribution in [3.8, 4) is 11.4 Å². The first-order chi connectivity index (χ1) is 11.1. The highest BCUT2D eigenvalue weighted by Crippen LogP contribution is 2.36. The van der Waals surface area contributed by atoms with Gasteiger partial charge in [0, 0.05) is 23.5 Å². The van der Waals surface area contributed by atoms with Crippen LogP contribution in [0.5, 0.6) is 0 Å². The van der Waals surface area contributed by atoms with Crippen LogP contribution < -0.4 is 5.73 Å². The molecule has 1 aromatic carbocycles. The predicted octanol–water partition coefficient (Wildman–Crippen LogP) is 0.349. The zero-order valence-electron chi connectivity index (χ0n) is 12.3. The molecule has 7 nitrogen and oxygen atoms in total. The zero-order valence-corrected chi connectivity index (χ0v) is 12.3. The van der Waals surface area contributed by atoms with Gasteiger partial charge in [0.15, 0.2) is 0 Å². The molecule has 2 aliphatic rings. The van der Waals surface area contributed by atoms with Gasteiger partial charge in [-0.1, -0.05) is 12.1 Å². The van der Waals surface area contributed by atoms with Gasteiger partial charge in [0.05, 0.1) is 19.3 Å². The Bertz CT molecular complexity index is 727. The van der Waals surface area contributed by atoms with Crippen molar-refractivity contribution in [2.75, 3.05) is 13.2 Å². The molecule has 0 radical (unpaired) electrons. The quantitative estimate of drug-likeness (QED) is 0.851. The lowest BCUT2D eigenvalue weighted by molar-refractivity contribution is 0.0172. The highest BCUT2D eigenvalue weighted by Gasteiger charge is 2.48. The number of aromatic nitrogens is 2. The standard InChI is InChI=1S/C16H17N3O4/c17-15(21)9-1-3-10(4-2-9)16-18-5-6-19(16)11-7-22-14-12(20)8-23-13(11)14/h1-6,11-14,20H,7-8H2,(H2,17,21)/t11-,12-,13-,14-/m1/s1. The van der Waals surface area contributed by atoms with Crippen LogP contribution in [-0.2, 0) is 9.47 Å². The molecular formula is C16H17N3O4. The minimum Gasteiger partial charge on any atom is -0.388 e. The number of benzene rings is 1. The Balaban J connectivity index is 1.65. The average Bonchev–Trinajstić information content (AvgIpc) is 3.25. The third-order valence-electron chi connectivity index (χ3n) is 4.45. The van der Waals surface area contributed by atoms with E-state index < -0.39 is 12.0 Å². The fourth-order valence-electron chi connectivity index (χ4n) is 3.29. The summed E-state index contributed by atoms with van der Waals surface area (Å²) in [5.41, 5.74) is 6.60. The van der Waals surface area contributed by atoms with E-state index in [-0.39, 0.29) is 18.2 Å². The van der Waals surface area contributed by atoms with E-state index in [4.69, 9.17) is 15.2 Å². The number of aliphatic hydroxyl groups is 1. The lowest BCUT2D eigenvalue weighted by Crippen LogP contribution is -2.30. The van der Waals surface area contributed by atoms with Gasteiger partial charge in [-0.05, 0) is 12.1 Å². The summed E-state index contributed by atoms with van der Waals surface area (Å²) >= 11 is 0. The normalized spacial score (nSPS) is 29.6. The second-order valence-corrected chi connectivity index (χ2v) is 5.83. The Morgan fingerprint density at radius 2 is 1.96 bits per heavy atom. The second kappa shape index (κ2) is 5.45. The Hall–Kier alpha value is -2.22. The van der Waals surface area contributed by atoms with E-state index in [9.17, 15) is 9.90 Å². The van der Waals surface area contributed by atoms with Crippen molar-refractivity contribution in [1.29, 1.82) is 0 Å². The number of carbonyl (C=O) groups is 1. The summed E-state index contributed by atoms with van der Waals surface area (Å²) in [7, 11) is 0. The summed E-state index contributed by atoms with van der Waals surface area (Å²) in [6.07, 6.45) is 2.56. The molecule has 3 heterocycles. The molecule has 4 atom stereocenters. The van der Waals surface area contributed by atoms with Gasteiger partial charge in [0.1, 0.15) is 24.1 Å². The first-order valence-electron chi connectivity index (χ1n) is 7.49. The van der Waals surface area contributed by atoms with Crippen molar-refractivity contribution >= 4 is 5.91 Å². The third kappa shape index (κ3) is 2.33.